The number of carbonyl (C=O) groups excluding carboxylic acids is 2. The lowest BCUT2D eigenvalue weighted by atomic mass is 10.0. The summed E-state index contributed by atoms with van der Waals surface area (Å²) >= 11 is 0. The Bertz CT molecular complexity index is 742. The minimum Gasteiger partial charge on any atom is -0.453 e. The number of cyclic esters (lactones) is 1. The molecule has 1 N–H and O–H groups in total. The van der Waals surface area contributed by atoms with Crippen molar-refractivity contribution in [1.82, 2.24) is 0 Å². The summed E-state index contributed by atoms with van der Waals surface area (Å²) in [6.45, 7) is 0.476. The predicted molar refractivity (Wildman–Crippen MR) is 91.8 cm³/mol. The third-order valence-electron chi connectivity index (χ3n) is 4.15. The average Bonchev–Trinajstić information content (AvgIpc) is 2.84. The number of para-hydroxylation sites is 2. The van der Waals surface area contributed by atoms with Gasteiger partial charge in [0, 0.05) is 0 Å². The first kappa shape index (κ1) is 17.9. The zero-order valence-corrected chi connectivity index (χ0v) is 14.0. The van der Waals surface area contributed by atoms with E-state index in [0.29, 0.717) is 11.4 Å². The van der Waals surface area contributed by atoms with Gasteiger partial charge < -0.3 is 14.6 Å². The van der Waals surface area contributed by atoms with Crippen LogP contribution in [0.3, 0.4) is 0 Å². The molecule has 26 heavy (non-hydrogen) atoms. The summed E-state index contributed by atoms with van der Waals surface area (Å²) < 4.78 is 23.9. The van der Waals surface area contributed by atoms with Crippen LogP contribution < -0.4 is 4.90 Å². The lowest BCUT2D eigenvalue weighted by Crippen LogP contribution is -2.41. The van der Waals surface area contributed by atoms with Gasteiger partial charge in [-0.1, -0.05) is 36.4 Å². The van der Waals surface area contributed by atoms with Crippen LogP contribution in [0.25, 0.3) is 0 Å². The highest BCUT2D eigenvalue weighted by molar-refractivity contribution is 5.96. The van der Waals surface area contributed by atoms with Crippen LogP contribution in [0.2, 0.25) is 0 Å². The van der Waals surface area contributed by atoms with E-state index in [1.54, 1.807) is 48.5 Å². The van der Waals surface area contributed by atoms with Crippen molar-refractivity contribution in [2.45, 2.75) is 24.8 Å². The number of nitrogens with zero attached hydrogens (tertiary/aromatic N) is 1. The maximum Gasteiger partial charge on any atom is 0.419 e. The smallest absolute Gasteiger partial charge is 0.419 e. The van der Waals surface area contributed by atoms with E-state index in [2.05, 4.69) is 0 Å². The number of alkyl halides is 1. The van der Waals surface area contributed by atoms with Crippen LogP contribution in [0.1, 0.15) is 6.92 Å². The summed E-state index contributed by atoms with van der Waals surface area (Å²) in [6.07, 6.45) is -3.70. The van der Waals surface area contributed by atoms with Gasteiger partial charge in [0.15, 0.2) is 6.10 Å². The first-order valence-electron chi connectivity index (χ1n) is 8.06. The summed E-state index contributed by atoms with van der Waals surface area (Å²) in [5.41, 5.74) is -1.37. The van der Waals surface area contributed by atoms with Crippen molar-refractivity contribution in [3.8, 4) is 0 Å². The number of benzene rings is 2. The van der Waals surface area contributed by atoms with Crippen molar-refractivity contribution in [2.75, 3.05) is 11.5 Å². The fraction of sp³-hybridized carbons (Fsp3) is 0.263. The minimum atomic E-state index is -2.52. The number of anilines is 2. The van der Waals surface area contributed by atoms with E-state index < -0.39 is 36.5 Å². The van der Waals surface area contributed by atoms with E-state index in [4.69, 9.17) is 9.47 Å². The molecule has 1 heterocycles. The maximum atomic E-state index is 14.0. The highest BCUT2D eigenvalue weighted by Gasteiger charge is 2.55. The second-order valence-electron chi connectivity index (χ2n) is 6.05. The average molecular weight is 359 g/mol. The SMILES string of the molecule is C[C@]1(F)C(=O)O[C@H](COC(=O)N(c2ccccc2)c2ccccc2)[C@H]1O. The molecular weight excluding hydrogens is 341 g/mol. The molecular formula is C19H18FNO5. The number of ether oxygens (including phenoxy) is 2. The van der Waals surface area contributed by atoms with Crippen LogP contribution in [0.15, 0.2) is 60.7 Å². The van der Waals surface area contributed by atoms with E-state index >= 15 is 0 Å². The number of hydrogen-bond donors (Lipinski definition) is 1. The molecule has 1 saturated heterocycles. The normalized spacial score (nSPS) is 24.8. The first-order valence-corrected chi connectivity index (χ1v) is 8.06. The number of carbonyl (C=O) groups is 2. The summed E-state index contributed by atoms with van der Waals surface area (Å²) in [4.78, 5) is 25.4. The van der Waals surface area contributed by atoms with E-state index in [1.165, 1.54) is 4.90 Å². The lowest BCUT2D eigenvalue weighted by Gasteiger charge is -2.23. The molecule has 7 heteroatoms. The predicted octanol–water partition coefficient (Wildman–Crippen LogP) is 2.98. The standard InChI is InChI=1S/C19H18FNO5/c1-19(20)16(22)15(26-17(19)23)12-25-18(24)21(13-8-4-2-5-9-13)14-10-6-3-7-11-14/h2-11,15-16,22H,12H2,1H3/t15-,16-,19-/m1/s1. The molecule has 1 aliphatic rings. The molecule has 0 radical (unpaired) electrons. The maximum absolute atomic E-state index is 14.0. The molecule has 0 aromatic heterocycles. The summed E-state index contributed by atoms with van der Waals surface area (Å²) in [7, 11) is 0. The van der Waals surface area contributed by atoms with Crippen molar-refractivity contribution < 1.29 is 28.6 Å². The van der Waals surface area contributed by atoms with Gasteiger partial charge in [-0.3, -0.25) is 0 Å². The van der Waals surface area contributed by atoms with Gasteiger partial charge in [-0.05, 0) is 31.2 Å². The fourth-order valence-electron chi connectivity index (χ4n) is 2.64. The largest absolute Gasteiger partial charge is 0.453 e. The van der Waals surface area contributed by atoms with Crippen molar-refractivity contribution in [1.29, 1.82) is 0 Å². The Morgan fingerprint density at radius 3 is 2.08 bits per heavy atom. The quantitative estimate of drug-likeness (QED) is 0.850. The van der Waals surface area contributed by atoms with Gasteiger partial charge in [-0.2, -0.15) is 0 Å². The number of aliphatic hydroxyl groups is 1. The molecule has 1 amide bonds. The number of esters is 1. The molecule has 0 bridgehead atoms. The van der Waals surface area contributed by atoms with Crippen LogP contribution in [0, 0.1) is 0 Å². The molecule has 3 atom stereocenters. The molecule has 0 unspecified atom stereocenters. The molecule has 1 aliphatic heterocycles. The van der Waals surface area contributed by atoms with Crippen molar-refractivity contribution >= 4 is 23.4 Å². The van der Waals surface area contributed by atoms with Crippen LogP contribution >= 0.6 is 0 Å². The van der Waals surface area contributed by atoms with E-state index in [-0.39, 0.29) is 0 Å². The van der Waals surface area contributed by atoms with E-state index in [9.17, 15) is 19.1 Å². The molecule has 136 valence electrons. The van der Waals surface area contributed by atoms with Gasteiger partial charge in [-0.15, -0.1) is 0 Å². The van der Waals surface area contributed by atoms with Crippen molar-refractivity contribution in [3.05, 3.63) is 60.7 Å². The van der Waals surface area contributed by atoms with Crippen LogP contribution in [0.5, 0.6) is 0 Å². The molecule has 1 fully saturated rings. The van der Waals surface area contributed by atoms with Gasteiger partial charge in [0.2, 0.25) is 5.67 Å². The molecule has 2 aromatic rings. The second kappa shape index (κ2) is 7.13. The first-order chi connectivity index (χ1) is 12.4. The Balaban J connectivity index is 1.76. The fourth-order valence-corrected chi connectivity index (χ4v) is 2.64. The molecule has 0 spiro atoms. The van der Waals surface area contributed by atoms with E-state index in [0.717, 1.165) is 6.92 Å². The summed E-state index contributed by atoms with van der Waals surface area (Å²) in [6, 6.07) is 17.7. The number of rotatable bonds is 4. The summed E-state index contributed by atoms with van der Waals surface area (Å²) in [5, 5.41) is 9.85. The van der Waals surface area contributed by atoms with Crippen LogP contribution in [-0.2, 0) is 14.3 Å². The number of amides is 1. The second-order valence-corrected chi connectivity index (χ2v) is 6.05. The van der Waals surface area contributed by atoms with Gasteiger partial charge in [0.05, 0.1) is 11.4 Å². The Kier molecular flexibility index (Phi) is 4.90. The van der Waals surface area contributed by atoms with Crippen molar-refractivity contribution in [2.24, 2.45) is 0 Å². The van der Waals surface area contributed by atoms with Gasteiger partial charge >= 0.3 is 12.1 Å². The van der Waals surface area contributed by atoms with Gasteiger partial charge in [-0.25, -0.2) is 18.9 Å². The monoisotopic (exact) mass is 359 g/mol. The zero-order valence-electron chi connectivity index (χ0n) is 14.0. The molecule has 6 nitrogen and oxygen atoms in total. The molecule has 0 aliphatic carbocycles. The Hall–Kier alpha value is -2.93. The Labute approximate surface area is 149 Å². The van der Waals surface area contributed by atoms with Gasteiger partial charge in [0.25, 0.3) is 0 Å². The topological polar surface area (TPSA) is 76.1 Å². The molecule has 3 rings (SSSR count). The lowest BCUT2D eigenvalue weighted by molar-refractivity contribution is -0.150. The molecule has 2 aromatic carbocycles. The van der Waals surface area contributed by atoms with Crippen molar-refractivity contribution in [3.63, 3.8) is 0 Å². The number of hydrogen-bond acceptors (Lipinski definition) is 5. The summed E-state index contributed by atoms with van der Waals surface area (Å²) in [5.74, 6) is -1.17. The Morgan fingerprint density at radius 1 is 1.15 bits per heavy atom. The van der Waals surface area contributed by atoms with Crippen LogP contribution in [-0.4, -0.2) is 41.7 Å². The van der Waals surface area contributed by atoms with Crippen LogP contribution in [0.4, 0.5) is 20.6 Å². The third-order valence-corrected chi connectivity index (χ3v) is 4.15. The molecule has 0 saturated carbocycles. The van der Waals surface area contributed by atoms with Gasteiger partial charge in [0.1, 0.15) is 12.7 Å². The number of halogens is 1. The van der Waals surface area contributed by atoms with E-state index in [1.807, 2.05) is 12.1 Å². The third kappa shape index (κ3) is 3.39. The zero-order chi connectivity index (χ0) is 18.7. The highest BCUT2D eigenvalue weighted by Crippen LogP contribution is 2.30. The minimum absolute atomic E-state index is 0.457. The number of aliphatic hydroxyl groups excluding tert-OH is 1. The highest BCUT2D eigenvalue weighted by atomic mass is 19.1. The Morgan fingerprint density at radius 2 is 1.65 bits per heavy atom.